The van der Waals surface area contributed by atoms with Crippen LogP contribution >= 0.6 is 0 Å². The van der Waals surface area contributed by atoms with E-state index in [0.717, 1.165) is 57.8 Å². The van der Waals surface area contributed by atoms with Crippen molar-refractivity contribution in [2.45, 2.75) is 103 Å². The Morgan fingerprint density at radius 3 is 1.82 bits per heavy atom. The molecule has 0 spiro atoms. The van der Waals surface area contributed by atoms with E-state index >= 15 is 0 Å². The molecule has 0 aromatic carbocycles. The van der Waals surface area contributed by atoms with E-state index < -0.39 is 28.0 Å². The van der Waals surface area contributed by atoms with Crippen LogP contribution in [-0.4, -0.2) is 41.9 Å². The minimum Gasteiger partial charge on any atom is -0.387 e. The van der Waals surface area contributed by atoms with Crippen molar-refractivity contribution in [3.63, 3.8) is 0 Å². The van der Waals surface area contributed by atoms with E-state index in [9.17, 15) is 22.9 Å². The summed E-state index contributed by atoms with van der Waals surface area (Å²) in [5.74, 6) is -1.08. The molecule has 0 bridgehead atoms. The average molecular weight is 562 g/mol. The van der Waals surface area contributed by atoms with Gasteiger partial charge < -0.3 is 10.4 Å². The Morgan fingerprint density at radius 1 is 0.744 bits per heavy atom. The predicted molar refractivity (Wildman–Crippen MR) is 165 cm³/mol. The summed E-state index contributed by atoms with van der Waals surface area (Å²) >= 11 is 0. The summed E-state index contributed by atoms with van der Waals surface area (Å²) in [6, 6.07) is -1.10. The molecular weight excluding hydrogens is 510 g/mol. The lowest BCUT2D eigenvalue weighted by atomic mass is 10.1. The number of unbranched alkanes of at least 4 members (excludes halogenated alkanes) is 4. The van der Waals surface area contributed by atoms with Crippen LogP contribution in [0.1, 0.15) is 90.9 Å². The number of aliphatic hydroxyl groups excluding tert-OH is 1. The number of rotatable bonds is 23. The Labute approximate surface area is 237 Å². The smallest absolute Gasteiger partial charge is 0.267 e. The highest BCUT2D eigenvalue weighted by Crippen LogP contribution is 2.06. The summed E-state index contributed by atoms with van der Waals surface area (Å²) in [5.41, 5.74) is 0. The molecule has 39 heavy (non-hydrogen) atoms. The molecule has 0 aliphatic rings. The fourth-order valence-corrected chi connectivity index (χ4v) is 4.27. The summed E-state index contributed by atoms with van der Waals surface area (Å²) in [4.78, 5) is 12.3. The van der Waals surface area contributed by atoms with Crippen molar-refractivity contribution in [3.05, 3.63) is 85.1 Å². The molecule has 0 heterocycles. The largest absolute Gasteiger partial charge is 0.387 e. The van der Waals surface area contributed by atoms with Gasteiger partial charge in [-0.05, 0) is 77.6 Å². The highest BCUT2D eigenvalue weighted by molar-refractivity contribution is 7.85. The summed E-state index contributed by atoms with van der Waals surface area (Å²) in [7, 11) is -4.36. The van der Waals surface area contributed by atoms with Crippen LogP contribution in [-0.2, 0) is 14.9 Å². The third-order valence-corrected chi connectivity index (χ3v) is 6.41. The number of carbonyl (C=O) groups is 1. The summed E-state index contributed by atoms with van der Waals surface area (Å²) in [6.07, 6.45) is 37.3. The van der Waals surface area contributed by atoms with Gasteiger partial charge in [0.2, 0.25) is 5.91 Å². The molecule has 3 N–H and O–H groups in total. The quantitative estimate of drug-likeness (QED) is 0.0688. The van der Waals surface area contributed by atoms with Gasteiger partial charge in [-0.25, -0.2) is 0 Å². The Hall–Kier alpha value is -2.48. The van der Waals surface area contributed by atoms with E-state index in [1.807, 2.05) is 13.0 Å². The van der Waals surface area contributed by atoms with Gasteiger partial charge in [-0.2, -0.15) is 8.42 Å². The molecule has 2 atom stereocenters. The number of carbonyl (C=O) groups excluding carboxylic acids is 1. The zero-order valence-electron chi connectivity index (χ0n) is 24.0. The maximum Gasteiger partial charge on any atom is 0.267 e. The number of hydrogen-bond acceptors (Lipinski definition) is 4. The van der Waals surface area contributed by atoms with E-state index in [2.05, 4.69) is 79.1 Å². The normalized spacial score (nSPS) is 14.9. The molecule has 0 saturated carbocycles. The molecule has 0 rings (SSSR count). The van der Waals surface area contributed by atoms with E-state index in [4.69, 9.17) is 0 Å². The highest BCUT2D eigenvalue weighted by Gasteiger charge is 2.24. The van der Waals surface area contributed by atoms with E-state index in [0.29, 0.717) is 12.8 Å². The SMILES string of the molecule is C/C=C/CC/C=C/CC/C=C/C(O)C(CS(=O)(=O)O)NC(=O)CCCC/C=C\C/C=C\C/C=C\C/C=C\CC. The molecule has 0 radical (unpaired) electrons. The first-order chi connectivity index (χ1) is 18.8. The van der Waals surface area contributed by atoms with Gasteiger partial charge >= 0.3 is 0 Å². The van der Waals surface area contributed by atoms with Crippen molar-refractivity contribution in [1.29, 1.82) is 0 Å². The highest BCUT2D eigenvalue weighted by atomic mass is 32.2. The monoisotopic (exact) mass is 561 g/mol. The number of allylic oxidation sites excluding steroid dienone is 13. The maximum absolute atomic E-state index is 12.3. The van der Waals surface area contributed by atoms with Gasteiger partial charge in [-0.3, -0.25) is 9.35 Å². The Balaban J connectivity index is 4.28. The van der Waals surface area contributed by atoms with Crippen molar-refractivity contribution >= 4 is 16.0 Å². The van der Waals surface area contributed by atoms with E-state index in [1.54, 1.807) is 6.08 Å². The summed E-state index contributed by atoms with van der Waals surface area (Å²) in [5, 5.41) is 13.0. The molecule has 2 unspecified atom stereocenters. The van der Waals surface area contributed by atoms with E-state index in [-0.39, 0.29) is 12.3 Å². The number of nitrogens with one attached hydrogen (secondary N) is 1. The molecule has 1 amide bonds. The van der Waals surface area contributed by atoms with Crippen molar-refractivity contribution in [3.8, 4) is 0 Å². The molecule has 0 aromatic rings. The van der Waals surface area contributed by atoms with Gasteiger partial charge in [-0.15, -0.1) is 0 Å². The van der Waals surface area contributed by atoms with Gasteiger partial charge in [0.15, 0.2) is 0 Å². The van der Waals surface area contributed by atoms with Gasteiger partial charge in [0.05, 0.1) is 17.9 Å². The fourth-order valence-electron chi connectivity index (χ4n) is 3.53. The third-order valence-electron chi connectivity index (χ3n) is 5.63. The molecule has 6 nitrogen and oxygen atoms in total. The first-order valence-electron chi connectivity index (χ1n) is 14.3. The van der Waals surface area contributed by atoms with Gasteiger partial charge in [0.1, 0.15) is 0 Å². The van der Waals surface area contributed by atoms with E-state index in [1.165, 1.54) is 6.08 Å². The van der Waals surface area contributed by atoms with Crippen LogP contribution in [0.25, 0.3) is 0 Å². The second-order valence-electron chi connectivity index (χ2n) is 9.28. The Bertz CT molecular complexity index is 926. The van der Waals surface area contributed by atoms with Crippen molar-refractivity contribution in [1.82, 2.24) is 5.32 Å². The fraction of sp³-hybridized carbons (Fsp3) is 0.531. The Kier molecular flexibility index (Phi) is 24.1. The molecule has 0 aliphatic carbocycles. The number of hydrogen-bond donors (Lipinski definition) is 3. The lowest BCUT2D eigenvalue weighted by Crippen LogP contribution is -2.46. The van der Waals surface area contributed by atoms with Gasteiger partial charge in [0.25, 0.3) is 10.1 Å². The van der Waals surface area contributed by atoms with Crippen LogP contribution < -0.4 is 5.32 Å². The predicted octanol–water partition coefficient (Wildman–Crippen LogP) is 7.33. The maximum atomic E-state index is 12.3. The summed E-state index contributed by atoms with van der Waals surface area (Å²) < 4.78 is 32.0. The third kappa shape index (κ3) is 26.9. The molecule has 0 fully saturated rings. The number of aliphatic hydroxyl groups is 1. The van der Waals surface area contributed by atoms with Crippen molar-refractivity contribution in [2.75, 3.05) is 5.75 Å². The zero-order chi connectivity index (χ0) is 29.0. The first kappa shape index (κ1) is 36.5. The second-order valence-corrected chi connectivity index (χ2v) is 10.8. The summed E-state index contributed by atoms with van der Waals surface area (Å²) in [6.45, 7) is 4.12. The zero-order valence-corrected chi connectivity index (χ0v) is 24.8. The van der Waals surface area contributed by atoms with Crippen molar-refractivity contribution < 1.29 is 22.9 Å². The standard InChI is InChI=1S/C32H51NO5S/c1-3-5-7-9-11-13-14-15-16-17-18-20-22-24-26-28-32(35)33-30(29-39(36,37)38)31(34)27-25-23-21-19-12-10-8-6-4-2/h4-7,11-13,15-16,18-20,25,27,30-31,34H,3,8-10,14,17,21-24,26,28-29H2,1-2H3,(H,33,35)(H,36,37,38)/b6-4+,7-5-,13-11-,16-15-,19-12+,20-18-,27-25+. The molecule has 7 heteroatoms. The van der Waals surface area contributed by atoms with Crippen LogP contribution in [0.5, 0.6) is 0 Å². The molecule has 0 saturated heterocycles. The minimum atomic E-state index is -4.36. The topological polar surface area (TPSA) is 104 Å². The van der Waals surface area contributed by atoms with Crippen molar-refractivity contribution in [2.24, 2.45) is 0 Å². The lowest BCUT2D eigenvalue weighted by Gasteiger charge is -2.21. The average Bonchev–Trinajstić information content (AvgIpc) is 2.88. The van der Waals surface area contributed by atoms with Crippen LogP contribution in [0.15, 0.2) is 85.1 Å². The molecule has 220 valence electrons. The van der Waals surface area contributed by atoms with Gasteiger partial charge in [-0.1, -0.05) is 92.0 Å². The molecular formula is C32H51NO5S. The lowest BCUT2D eigenvalue weighted by molar-refractivity contribution is -0.122. The minimum absolute atomic E-state index is 0.226. The van der Waals surface area contributed by atoms with Gasteiger partial charge in [0, 0.05) is 6.42 Å². The number of amides is 1. The molecule has 0 aromatic heterocycles. The van der Waals surface area contributed by atoms with Crippen LogP contribution in [0.4, 0.5) is 0 Å². The van der Waals surface area contributed by atoms with Crippen LogP contribution in [0.2, 0.25) is 0 Å². The van der Waals surface area contributed by atoms with Crippen LogP contribution in [0.3, 0.4) is 0 Å². The van der Waals surface area contributed by atoms with Crippen LogP contribution in [0, 0.1) is 0 Å². The second kappa shape index (κ2) is 25.8. The first-order valence-corrected chi connectivity index (χ1v) is 15.9. The molecule has 0 aliphatic heterocycles. The Morgan fingerprint density at radius 2 is 1.26 bits per heavy atom.